The minimum Gasteiger partial charge on any atom is -0.422 e. The van der Waals surface area contributed by atoms with E-state index in [1.54, 1.807) is 0 Å². The summed E-state index contributed by atoms with van der Waals surface area (Å²) in [5, 5.41) is 18.5. The zero-order valence-corrected chi connectivity index (χ0v) is 7.76. The topological polar surface area (TPSA) is 87.5 Å². The van der Waals surface area contributed by atoms with Gasteiger partial charge in [-0.05, 0) is 0 Å². The van der Waals surface area contributed by atoms with Gasteiger partial charge in [0.2, 0.25) is 14.2 Å². The Balaban J connectivity index is 3.09. The lowest BCUT2D eigenvalue weighted by molar-refractivity contribution is 0.424. The molecule has 0 unspecified atom stereocenters. The summed E-state index contributed by atoms with van der Waals surface area (Å²) in [7, 11) is -5.04. The molecule has 1 heterocycles. The van der Waals surface area contributed by atoms with Crippen molar-refractivity contribution < 1.29 is 18.5 Å². The Bertz CT molecular complexity index is 370. The largest absolute Gasteiger partial charge is 0.509 e. The molecule has 0 aliphatic carbocycles. The van der Waals surface area contributed by atoms with Crippen LogP contribution in [0.25, 0.3) is 0 Å². The van der Waals surface area contributed by atoms with Crippen LogP contribution in [0.1, 0.15) is 0 Å². The summed E-state index contributed by atoms with van der Waals surface area (Å²) in [4.78, 5) is 3.51. The van der Waals surface area contributed by atoms with E-state index in [-0.39, 0.29) is 9.93 Å². The molecule has 0 saturated carbocycles. The van der Waals surface area contributed by atoms with E-state index in [9.17, 15) is 8.42 Å². The van der Waals surface area contributed by atoms with E-state index in [0.717, 1.165) is 17.6 Å². The van der Waals surface area contributed by atoms with Crippen LogP contribution in [0.2, 0.25) is 0 Å². The first-order valence-corrected chi connectivity index (χ1v) is 5.70. The van der Waals surface area contributed by atoms with Crippen LogP contribution in [0.3, 0.4) is 0 Å². The van der Waals surface area contributed by atoms with Crippen LogP contribution in [0, 0.1) is 0 Å². The monoisotopic (exact) mass is 207 g/mol. The Labute approximate surface area is 73.8 Å². The van der Waals surface area contributed by atoms with E-state index in [1.807, 2.05) is 0 Å². The van der Waals surface area contributed by atoms with Gasteiger partial charge in [-0.15, -0.1) is 11.3 Å². The van der Waals surface area contributed by atoms with Crippen molar-refractivity contribution in [2.75, 3.05) is 6.26 Å². The van der Waals surface area contributed by atoms with E-state index in [4.69, 9.17) is 10.0 Å². The molecule has 0 spiro atoms. The molecule has 8 heteroatoms. The molecule has 0 fully saturated rings. The Morgan fingerprint density at radius 3 is 2.42 bits per heavy atom. The second-order valence-electron chi connectivity index (χ2n) is 2.18. The van der Waals surface area contributed by atoms with Gasteiger partial charge in [0.1, 0.15) is 0 Å². The molecule has 0 bridgehead atoms. The lowest BCUT2D eigenvalue weighted by Gasteiger charge is -1.89. The van der Waals surface area contributed by atoms with Crippen LogP contribution < -0.4 is 5.59 Å². The second kappa shape index (κ2) is 3.13. The first kappa shape index (κ1) is 9.65. The Morgan fingerprint density at radius 1 is 1.58 bits per heavy atom. The van der Waals surface area contributed by atoms with Crippen LogP contribution in [-0.4, -0.2) is 36.8 Å². The standard InChI is InChI=1S/C4H6BNO4S2/c1-12(9,10)4-6-3(2-11-4)5(7)8/h2,7-8H,1H3. The fraction of sp³-hybridized carbons (Fsp3) is 0.250. The number of hydrogen-bond donors (Lipinski definition) is 2. The van der Waals surface area contributed by atoms with Crippen molar-refractivity contribution in [3.05, 3.63) is 5.38 Å². The zero-order valence-electron chi connectivity index (χ0n) is 6.13. The summed E-state index contributed by atoms with van der Waals surface area (Å²) in [5.41, 5.74) is -0.0413. The van der Waals surface area contributed by atoms with Crippen molar-refractivity contribution in [2.45, 2.75) is 4.34 Å². The van der Waals surface area contributed by atoms with Crippen molar-refractivity contribution in [2.24, 2.45) is 0 Å². The highest BCUT2D eigenvalue weighted by atomic mass is 32.2. The molecule has 0 aromatic carbocycles. The Kier molecular flexibility index (Phi) is 2.52. The molecule has 1 aromatic rings. The number of sulfone groups is 1. The molecule has 0 atom stereocenters. The Hall–Kier alpha value is -0.435. The summed E-state index contributed by atoms with van der Waals surface area (Å²) in [6, 6.07) is 0. The molecular weight excluding hydrogens is 201 g/mol. The van der Waals surface area contributed by atoms with E-state index >= 15 is 0 Å². The second-order valence-corrected chi connectivity index (χ2v) is 5.23. The van der Waals surface area contributed by atoms with Crippen LogP contribution >= 0.6 is 11.3 Å². The fourth-order valence-corrected chi connectivity index (χ4v) is 2.23. The van der Waals surface area contributed by atoms with E-state index in [2.05, 4.69) is 4.98 Å². The van der Waals surface area contributed by atoms with Crippen molar-refractivity contribution in [1.29, 1.82) is 0 Å². The third kappa shape index (κ3) is 2.04. The van der Waals surface area contributed by atoms with Crippen LogP contribution in [0.5, 0.6) is 0 Å². The lowest BCUT2D eigenvalue weighted by atomic mass is 9.88. The van der Waals surface area contributed by atoms with Crippen molar-refractivity contribution in [3.8, 4) is 0 Å². The highest BCUT2D eigenvalue weighted by molar-refractivity contribution is 7.92. The van der Waals surface area contributed by atoms with Crippen LogP contribution in [-0.2, 0) is 9.84 Å². The number of nitrogens with zero attached hydrogens (tertiary/aromatic N) is 1. The zero-order chi connectivity index (χ0) is 9.35. The van der Waals surface area contributed by atoms with Gasteiger partial charge < -0.3 is 10.0 Å². The van der Waals surface area contributed by atoms with Gasteiger partial charge in [0, 0.05) is 11.6 Å². The van der Waals surface area contributed by atoms with Crippen molar-refractivity contribution in [1.82, 2.24) is 4.98 Å². The van der Waals surface area contributed by atoms with Crippen LogP contribution in [0.15, 0.2) is 9.72 Å². The third-order valence-corrected chi connectivity index (χ3v) is 3.66. The van der Waals surface area contributed by atoms with Crippen molar-refractivity contribution >= 4 is 33.9 Å². The molecule has 5 nitrogen and oxygen atoms in total. The lowest BCUT2D eigenvalue weighted by Crippen LogP contribution is -2.30. The Morgan fingerprint density at radius 2 is 2.17 bits per heavy atom. The van der Waals surface area contributed by atoms with Gasteiger partial charge in [0.05, 0.1) is 5.59 Å². The number of thiazole rings is 1. The molecule has 1 aromatic heterocycles. The van der Waals surface area contributed by atoms with Gasteiger partial charge in [-0.3, -0.25) is 0 Å². The minimum absolute atomic E-state index is 0.0413. The van der Waals surface area contributed by atoms with E-state index < -0.39 is 17.0 Å². The van der Waals surface area contributed by atoms with E-state index in [1.165, 1.54) is 5.38 Å². The molecule has 12 heavy (non-hydrogen) atoms. The quantitative estimate of drug-likeness (QED) is 0.560. The van der Waals surface area contributed by atoms with Gasteiger partial charge in [-0.1, -0.05) is 0 Å². The summed E-state index contributed by atoms with van der Waals surface area (Å²) in [6.45, 7) is 0. The first-order chi connectivity index (χ1) is 5.41. The molecule has 0 saturated heterocycles. The molecule has 0 aliphatic heterocycles. The number of hydrogen-bond acceptors (Lipinski definition) is 6. The average molecular weight is 207 g/mol. The fourth-order valence-electron chi connectivity index (χ4n) is 0.558. The minimum atomic E-state index is -3.33. The molecule has 2 N–H and O–H groups in total. The molecule has 66 valence electrons. The first-order valence-electron chi connectivity index (χ1n) is 2.93. The van der Waals surface area contributed by atoms with E-state index in [0.29, 0.717) is 0 Å². The predicted molar refractivity (Wildman–Crippen MR) is 45.0 cm³/mol. The highest BCUT2D eigenvalue weighted by Gasteiger charge is 2.19. The smallest absolute Gasteiger partial charge is 0.422 e. The highest BCUT2D eigenvalue weighted by Crippen LogP contribution is 2.09. The molecule has 0 radical (unpaired) electrons. The average Bonchev–Trinajstić information content (AvgIpc) is 2.30. The van der Waals surface area contributed by atoms with Gasteiger partial charge >= 0.3 is 7.12 Å². The summed E-state index contributed by atoms with van der Waals surface area (Å²) < 4.78 is 21.6. The molecule has 0 amide bonds. The van der Waals surface area contributed by atoms with Gasteiger partial charge in [0.15, 0.2) is 0 Å². The molecular formula is C4H6BNO4S2. The number of aromatic nitrogens is 1. The summed E-state index contributed by atoms with van der Waals surface area (Å²) >= 11 is 0.866. The number of rotatable bonds is 2. The summed E-state index contributed by atoms with van der Waals surface area (Å²) in [5.74, 6) is 0. The summed E-state index contributed by atoms with van der Waals surface area (Å²) in [6.07, 6.45) is 1.01. The maximum atomic E-state index is 10.9. The van der Waals surface area contributed by atoms with Crippen LogP contribution in [0.4, 0.5) is 0 Å². The molecule has 1 rings (SSSR count). The van der Waals surface area contributed by atoms with Gasteiger partial charge in [-0.25, -0.2) is 13.4 Å². The SMILES string of the molecule is CS(=O)(=O)c1nc(B(O)O)cs1. The van der Waals surface area contributed by atoms with Crippen molar-refractivity contribution in [3.63, 3.8) is 0 Å². The molecule has 0 aliphatic rings. The predicted octanol–water partition coefficient (Wildman–Crippen LogP) is -1.77. The maximum Gasteiger partial charge on any atom is 0.509 e. The maximum absolute atomic E-state index is 10.9. The van der Waals surface area contributed by atoms with Gasteiger partial charge in [-0.2, -0.15) is 0 Å². The normalized spacial score (nSPS) is 11.6. The van der Waals surface area contributed by atoms with Gasteiger partial charge in [0.25, 0.3) is 0 Å². The third-order valence-electron chi connectivity index (χ3n) is 1.08.